The van der Waals surface area contributed by atoms with Crippen molar-refractivity contribution in [3.05, 3.63) is 35.9 Å². The van der Waals surface area contributed by atoms with Gasteiger partial charge in [-0.05, 0) is 50.9 Å². The molecule has 1 heterocycles. The zero-order valence-electron chi connectivity index (χ0n) is 14.0. The average Bonchev–Trinajstić information content (AvgIpc) is 2.81. The van der Waals surface area contributed by atoms with Crippen LogP contribution in [-0.2, 0) is 6.42 Å². The van der Waals surface area contributed by atoms with Crippen molar-refractivity contribution < 1.29 is 0 Å². The van der Waals surface area contributed by atoms with Crippen molar-refractivity contribution in [2.75, 3.05) is 32.7 Å². The highest BCUT2D eigenvalue weighted by atomic mass is 127. The summed E-state index contributed by atoms with van der Waals surface area (Å²) in [6.07, 6.45) is 7.57. The molecule has 0 spiro atoms. The lowest BCUT2D eigenvalue weighted by Crippen LogP contribution is -2.33. The summed E-state index contributed by atoms with van der Waals surface area (Å²) >= 11 is 0. The number of aliphatic imine (C=N–C) groups is 1. The Labute approximate surface area is 157 Å². The summed E-state index contributed by atoms with van der Waals surface area (Å²) in [6.45, 7) is 5.33. The van der Waals surface area contributed by atoms with Crippen molar-refractivity contribution >= 4 is 29.9 Å². The predicted molar refractivity (Wildman–Crippen MR) is 110 cm³/mol. The number of hydrogen-bond acceptors (Lipinski definition) is 2. The van der Waals surface area contributed by atoms with E-state index in [1.807, 2.05) is 6.07 Å². The number of halogens is 1. The van der Waals surface area contributed by atoms with Crippen LogP contribution in [0.25, 0.3) is 0 Å². The Morgan fingerprint density at radius 2 is 1.78 bits per heavy atom. The monoisotopic (exact) mass is 430 g/mol. The van der Waals surface area contributed by atoms with Gasteiger partial charge in [0.2, 0.25) is 0 Å². The van der Waals surface area contributed by atoms with Crippen LogP contribution < -0.4 is 11.1 Å². The van der Waals surface area contributed by atoms with E-state index in [0.29, 0.717) is 5.96 Å². The van der Waals surface area contributed by atoms with Crippen molar-refractivity contribution in [2.45, 2.75) is 38.5 Å². The van der Waals surface area contributed by atoms with Gasteiger partial charge in [0, 0.05) is 13.1 Å². The Balaban J connectivity index is 0.00000264. The maximum absolute atomic E-state index is 5.91. The molecule has 3 N–H and O–H groups in total. The summed E-state index contributed by atoms with van der Waals surface area (Å²) < 4.78 is 0. The van der Waals surface area contributed by atoms with E-state index in [9.17, 15) is 0 Å². The molecular weight excluding hydrogens is 399 g/mol. The fraction of sp³-hybridized carbons (Fsp3) is 0.611. The van der Waals surface area contributed by atoms with Gasteiger partial charge in [-0.3, -0.25) is 4.99 Å². The zero-order chi connectivity index (χ0) is 15.5. The van der Waals surface area contributed by atoms with Crippen LogP contribution in [0.4, 0.5) is 0 Å². The standard InChI is InChI=1S/C18H30N4.HI/c19-18(21-13-11-17-9-4-3-5-10-17)20-12-8-16-22-14-6-1-2-7-15-22;/h3-5,9-10H,1-2,6-8,11-16H2,(H3,19,20,21);1H. The van der Waals surface area contributed by atoms with Gasteiger partial charge in [0.15, 0.2) is 5.96 Å². The first-order valence-electron chi connectivity index (χ1n) is 8.64. The van der Waals surface area contributed by atoms with Gasteiger partial charge in [-0.25, -0.2) is 0 Å². The van der Waals surface area contributed by atoms with E-state index >= 15 is 0 Å². The number of likely N-dealkylation sites (tertiary alicyclic amines) is 1. The van der Waals surface area contributed by atoms with Crippen molar-refractivity contribution in [1.29, 1.82) is 0 Å². The number of nitrogens with one attached hydrogen (secondary N) is 1. The number of guanidine groups is 1. The Hall–Kier alpha value is -0.820. The van der Waals surface area contributed by atoms with Gasteiger partial charge in [-0.1, -0.05) is 43.2 Å². The molecule has 0 amide bonds. The number of benzene rings is 1. The molecular formula is C18H31IN4. The molecule has 0 aliphatic carbocycles. The third-order valence-electron chi connectivity index (χ3n) is 4.18. The molecule has 0 aromatic heterocycles. The van der Waals surface area contributed by atoms with Crippen LogP contribution >= 0.6 is 24.0 Å². The first-order chi connectivity index (χ1) is 10.8. The number of hydrogen-bond donors (Lipinski definition) is 2. The van der Waals surface area contributed by atoms with Crippen LogP contribution in [0.2, 0.25) is 0 Å². The van der Waals surface area contributed by atoms with Gasteiger partial charge in [-0.15, -0.1) is 24.0 Å². The molecule has 1 aliphatic rings. The van der Waals surface area contributed by atoms with E-state index in [-0.39, 0.29) is 24.0 Å². The second-order valence-electron chi connectivity index (χ2n) is 6.04. The normalized spacial score (nSPS) is 16.4. The highest BCUT2D eigenvalue weighted by molar-refractivity contribution is 14.0. The molecule has 2 rings (SSSR count). The van der Waals surface area contributed by atoms with Crippen molar-refractivity contribution in [3.8, 4) is 0 Å². The van der Waals surface area contributed by atoms with E-state index in [0.717, 1.165) is 32.5 Å². The van der Waals surface area contributed by atoms with Crippen molar-refractivity contribution in [3.63, 3.8) is 0 Å². The van der Waals surface area contributed by atoms with Crippen molar-refractivity contribution in [1.82, 2.24) is 10.2 Å². The molecule has 1 aliphatic heterocycles. The lowest BCUT2D eigenvalue weighted by Gasteiger charge is -2.18. The molecule has 0 atom stereocenters. The Morgan fingerprint density at radius 3 is 2.48 bits per heavy atom. The van der Waals surface area contributed by atoms with Crippen LogP contribution in [0.3, 0.4) is 0 Å². The third-order valence-corrected chi connectivity index (χ3v) is 4.18. The van der Waals surface area contributed by atoms with Gasteiger partial charge in [0.05, 0.1) is 0 Å². The number of nitrogens with zero attached hydrogens (tertiary/aromatic N) is 2. The molecule has 0 bridgehead atoms. The van der Waals surface area contributed by atoms with E-state index < -0.39 is 0 Å². The fourth-order valence-corrected chi connectivity index (χ4v) is 2.89. The minimum atomic E-state index is 0. The van der Waals surface area contributed by atoms with Gasteiger partial charge in [-0.2, -0.15) is 0 Å². The molecule has 130 valence electrons. The topological polar surface area (TPSA) is 53.6 Å². The maximum Gasteiger partial charge on any atom is 0.188 e. The van der Waals surface area contributed by atoms with Gasteiger partial charge in [0.1, 0.15) is 0 Å². The summed E-state index contributed by atoms with van der Waals surface area (Å²) in [5.41, 5.74) is 7.23. The highest BCUT2D eigenvalue weighted by Gasteiger charge is 2.07. The van der Waals surface area contributed by atoms with E-state index in [1.165, 1.54) is 44.3 Å². The van der Waals surface area contributed by atoms with Crippen LogP contribution in [0.1, 0.15) is 37.7 Å². The first-order valence-corrected chi connectivity index (χ1v) is 8.64. The second-order valence-corrected chi connectivity index (χ2v) is 6.04. The molecule has 23 heavy (non-hydrogen) atoms. The van der Waals surface area contributed by atoms with Gasteiger partial charge in [0.25, 0.3) is 0 Å². The summed E-state index contributed by atoms with van der Waals surface area (Å²) in [5, 5.41) is 3.19. The summed E-state index contributed by atoms with van der Waals surface area (Å²) in [7, 11) is 0. The molecule has 5 heteroatoms. The largest absolute Gasteiger partial charge is 0.370 e. The van der Waals surface area contributed by atoms with E-state index in [2.05, 4.69) is 39.5 Å². The molecule has 4 nitrogen and oxygen atoms in total. The number of nitrogens with two attached hydrogens (primary N) is 1. The minimum Gasteiger partial charge on any atom is -0.370 e. The van der Waals surface area contributed by atoms with E-state index in [4.69, 9.17) is 5.73 Å². The Morgan fingerprint density at radius 1 is 1.09 bits per heavy atom. The minimum absolute atomic E-state index is 0. The smallest absolute Gasteiger partial charge is 0.188 e. The molecule has 0 radical (unpaired) electrons. The predicted octanol–water partition coefficient (Wildman–Crippen LogP) is 3.02. The molecule has 1 saturated heterocycles. The molecule has 1 fully saturated rings. The average molecular weight is 430 g/mol. The quantitative estimate of drug-likeness (QED) is 0.303. The molecule has 1 aromatic rings. The van der Waals surface area contributed by atoms with Crippen molar-refractivity contribution in [2.24, 2.45) is 10.7 Å². The highest BCUT2D eigenvalue weighted by Crippen LogP contribution is 2.09. The third kappa shape index (κ3) is 9.15. The van der Waals surface area contributed by atoms with Crippen LogP contribution in [0.5, 0.6) is 0 Å². The summed E-state index contributed by atoms with van der Waals surface area (Å²) in [6, 6.07) is 10.4. The summed E-state index contributed by atoms with van der Waals surface area (Å²) in [4.78, 5) is 6.99. The van der Waals surface area contributed by atoms with Crippen LogP contribution in [0.15, 0.2) is 35.3 Å². The van der Waals surface area contributed by atoms with E-state index in [1.54, 1.807) is 0 Å². The second kappa shape index (κ2) is 12.6. The number of rotatable bonds is 7. The molecule has 0 saturated carbocycles. The molecule has 0 unspecified atom stereocenters. The lowest BCUT2D eigenvalue weighted by molar-refractivity contribution is 0.283. The van der Waals surface area contributed by atoms with Crippen LogP contribution in [0, 0.1) is 0 Å². The van der Waals surface area contributed by atoms with Gasteiger partial charge < -0.3 is 16.0 Å². The first kappa shape index (κ1) is 20.2. The lowest BCUT2D eigenvalue weighted by atomic mass is 10.1. The Kier molecular flexibility index (Phi) is 11.1. The fourth-order valence-electron chi connectivity index (χ4n) is 2.89. The Bertz CT molecular complexity index is 428. The summed E-state index contributed by atoms with van der Waals surface area (Å²) in [5.74, 6) is 0.576. The molecule has 1 aromatic carbocycles. The maximum atomic E-state index is 5.91. The zero-order valence-corrected chi connectivity index (χ0v) is 16.4. The van der Waals surface area contributed by atoms with Gasteiger partial charge >= 0.3 is 0 Å². The van der Waals surface area contributed by atoms with Crippen LogP contribution in [-0.4, -0.2) is 43.6 Å². The SMILES string of the molecule is I.NC(=NCCCN1CCCCCC1)NCCc1ccccc1.